The highest BCUT2D eigenvalue weighted by Crippen LogP contribution is 2.24. The minimum atomic E-state index is 0.208. The number of hydrogen-bond donors (Lipinski definition) is 1. The van der Waals surface area contributed by atoms with Crippen LogP contribution in [0.3, 0.4) is 0 Å². The molecule has 16 heavy (non-hydrogen) atoms. The molecule has 2 rings (SSSR count). The molecule has 1 aromatic carbocycles. The molecule has 0 bridgehead atoms. The summed E-state index contributed by atoms with van der Waals surface area (Å²) in [4.78, 5) is 0. The van der Waals surface area contributed by atoms with Crippen molar-refractivity contribution in [3.63, 3.8) is 0 Å². The SMILES string of the molecule is OCCCOCCc1cccc2sccc12. The van der Waals surface area contributed by atoms with Crippen molar-refractivity contribution in [1.29, 1.82) is 0 Å². The first-order valence-corrected chi connectivity index (χ1v) is 6.43. The smallest absolute Gasteiger partial charge is 0.0506 e. The summed E-state index contributed by atoms with van der Waals surface area (Å²) in [6, 6.07) is 8.57. The van der Waals surface area contributed by atoms with Gasteiger partial charge in [0.15, 0.2) is 0 Å². The van der Waals surface area contributed by atoms with E-state index in [-0.39, 0.29) is 6.61 Å². The molecular weight excluding hydrogens is 220 g/mol. The lowest BCUT2D eigenvalue weighted by Crippen LogP contribution is -2.01. The van der Waals surface area contributed by atoms with E-state index in [1.165, 1.54) is 15.6 Å². The van der Waals surface area contributed by atoms with Crippen molar-refractivity contribution in [2.24, 2.45) is 0 Å². The molecule has 1 N–H and O–H groups in total. The fraction of sp³-hybridized carbons (Fsp3) is 0.385. The minimum Gasteiger partial charge on any atom is -0.396 e. The lowest BCUT2D eigenvalue weighted by atomic mass is 10.1. The maximum absolute atomic E-state index is 8.62. The van der Waals surface area contributed by atoms with Gasteiger partial charge in [-0.25, -0.2) is 0 Å². The average molecular weight is 236 g/mol. The topological polar surface area (TPSA) is 29.5 Å². The zero-order chi connectivity index (χ0) is 11.2. The molecule has 0 aliphatic carbocycles. The van der Waals surface area contributed by atoms with Crippen molar-refractivity contribution in [2.45, 2.75) is 12.8 Å². The second-order valence-electron chi connectivity index (χ2n) is 3.69. The molecule has 0 saturated heterocycles. The van der Waals surface area contributed by atoms with Crippen LogP contribution >= 0.6 is 11.3 Å². The summed E-state index contributed by atoms with van der Waals surface area (Å²) in [6.45, 7) is 1.59. The van der Waals surface area contributed by atoms with Gasteiger partial charge >= 0.3 is 0 Å². The molecule has 2 aromatic rings. The molecule has 1 heterocycles. The third-order valence-electron chi connectivity index (χ3n) is 2.55. The number of fused-ring (bicyclic) bond motifs is 1. The number of ether oxygens (including phenoxy) is 1. The first-order chi connectivity index (χ1) is 7.92. The summed E-state index contributed by atoms with van der Waals surface area (Å²) in [5.74, 6) is 0. The molecule has 0 fully saturated rings. The largest absolute Gasteiger partial charge is 0.396 e. The lowest BCUT2D eigenvalue weighted by molar-refractivity contribution is 0.118. The molecule has 0 aliphatic rings. The number of aliphatic hydroxyl groups excluding tert-OH is 1. The highest BCUT2D eigenvalue weighted by molar-refractivity contribution is 7.17. The Bertz CT molecular complexity index is 436. The summed E-state index contributed by atoms with van der Waals surface area (Å²) >= 11 is 1.77. The van der Waals surface area contributed by atoms with Crippen LogP contribution in [0.4, 0.5) is 0 Å². The van der Waals surface area contributed by atoms with Crippen LogP contribution in [0.15, 0.2) is 29.6 Å². The first kappa shape index (κ1) is 11.6. The maximum atomic E-state index is 8.62. The van der Waals surface area contributed by atoms with E-state index in [0.717, 1.165) is 19.4 Å². The first-order valence-electron chi connectivity index (χ1n) is 5.55. The predicted octanol–water partition coefficient (Wildman–Crippen LogP) is 2.84. The molecule has 0 aliphatic heterocycles. The summed E-state index contributed by atoms with van der Waals surface area (Å²) in [6.07, 6.45) is 1.67. The molecule has 0 atom stereocenters. The number of benzene rings is 1. The molecule has 0 saturated carbocycles. The quantitative estimate of drug-likeness (QED) is 0.781. The van der Waals surface area contributed by atoms with Gasteiger partial charge in [0.2, 0.25) is 0 Å². The van der Waals surface area contributed by atoms with Crippen molar-refractivity contribution in [3.05, 3.63) is 35.2 Å². The Balaban J connectivity index is 1.91. The van der Waals surface area contributed by atoms with Crippen LogP contribution in [0.25, 0.3) is 10.1 Å². The van der Waals surface area contributed by atoms with E-state index in [9.17, 15) is 0 Å². The zero-order valence-corrected chi connectivity index (χ0v) is 10.0. The van der Waals surface area contributed by atoms with Gasteiger partial charge in [-0.2, -0.15) is 0 Å². The molecule has 0 spiro atoms. The fourth-order valence-corrected chi connectivity index (χ4v) is 2.56. The second-order valence-corrected chi connectivity index (χ2v) is 4.64. The van der Waals surface area contributed by atoms with Gasteiger partial charge in [-0.05, 0) is 41.3 Å². The highest BCUT2D eigenvalue weighted by Gasteiger charge is 2.01. The van der Waals surface area contributed by atoms with Crippen LogP contribution in [-0.2, 0) is 11.2 Å². The molecule has 0 unspecified atom stereocenters. The number of rotatable bonds is 6. The summed E-state index contributed by atoms with van der Waals surface area (Å²) in [7, 11) is 0. The zero-order valence-electron chi connectivity index (χ0n) is 9.19. The van der Waals surface area contributed by atoms with Crippen LogP contribution < -0.4 is 0 Å². The minimum absolute atomic E-state index is 0.208. The van der Waals surface area contributed by atoms with Crippen LogP contribution in [0, 0.1) is 0 Å². The van der Waals surface area contributed by atoms with E-state index in [2.05, 4.69) is 29.6 Å². The van der Waals surface area contributed by atoms with E-state index >= 15 is 0 Å². The Labute approximate surface area is 99.5 Å². The molecule has 0 amide bonds. The van der Waals surface area contributed by atoms with Crippen molar-refractivity contribution in [1.82, 2.24) is 0 Å². The molecule has 3 heteroatoms. The highest BCUT2D eigenvalue weighted by atomic mass is 32.1. The normalized spacial score (nSPS) is 11.1. The number of hydrogen-bond acceptors (Lipinski definition) is 3. The van der Waals surface area contributed by atoms with Crippen LogP contribution in [-0.4, -0.2) is 24.9 Å². The number of thiophene rings is 1. The van der Waals surface area contributed by atoms with Crippen LogP contribution in [0.5, 0.6) is 0 Å². The van der Waals surface area contributed by atoms with E-state index in [1.54, 1.807) is 11.3 Å². The lowest BCUT2D eigenvalue weighted by Gasteiger charge is -2.04. The standard InChI is InChI=1S/C13H16O2S/c14-7-2-8-15-9-5-11-3-1-4-13-12(11)6-10-16-13/h1,3-4,6,10,14H,2,5,7-9H2. The Kier molecular flexibility index (Phi) is 4.34. The molecule has 1 aromatic heterocycles. The third kappa shape index (κ3) is 2.82. The van der Waals surface area contributed by atoms with Crippen molar-refractivity contribution >= 4 is 21.4 Å². The van der Waals surface area contributed by atoms with Crippen molar-refractivity contribution in [3.8, 4) is 0 Å². The third-order valence-corrected chi connectivity index (χ3v) is 3.43. The van der Waals surface area contributed by atoms with Gasteiger partial charge in [-0.15, -0.1) is 11.3 Å². The summed E-state index contributed by atoms with van der Waals surface area (Å²) in [5.41, 5.74) is 1.35. The van der Waals surface area contributed by atoms with E-state index < -0.39 is 0 Å². The van der Waals surface area contributed by atoms with E-state index in [0.29, 0.717) is 6.61 Å². The molecular formula is C13H16O2S. The van der Waals surface area contributed by atoms with E-state index in [4.69, 9.17) is 9.84 Å². The summed E-state index contributed by atoms with van der Waals surface area (Å²) in [5, 5.41) is 12.1. The Hall–Kier alpha value is -0.900. The van der Waals surface area contributed by atoms with Gasteiger partial charge in [-0.3, -0.25) is 0 Å². The van der Waals surface area contributed by atoms with Crippen LogP contribution in [0.1, 0.15) is 12.0 Å². The van der Waals surface area contributed by atoms with Gasteiger partial charge < -0.3 is 9.84 Å². The van der Waals surface area contributed by atoms with Crippen LogP contribution in [0.2, 0.25) is 0 Å². The van der Waals surface area contributed by atoms with Gasteiger partial charge in [0, 0.05) is 17.9 Å². The molecule has 0 radical (unpaired) electrons. The number of aliphatic hydroxyl groups is 1. The Morgan fingerprint density at radius 1 is 1.19 bits per heavy atom. The monoisotopic (exact) mass is 236 g/mol. The molecule has 2 nitrogen and oxygen atoms in total. The maximum Gasteiger partial charge on any atom is 0.0506 e. The van der Waals surface area contributed by atoms with Gasteiger partial charge in [0.05, 0.1) is 6.61 Å². The summed E-state index contributed by atoms with van der Waals surface area (Å²) < 4.78 is 6.79. The van der Waals surface area contributed by atoms with Gasteiger partial charge in [0.25, 0.3) is 0 Å². The second kappa shape index (κ2) is 5.99. The van der Waals surface area contributed by atoms with Gasteiger partial charge in [0.1, 0.15) is 0 Å². The fourth-order valence-electron chi connectivity index (χ4n) is 1.73. The Morgan fingerprint density at radius 2 is 2.12 bits per heavy atom. The van der Waals surface area contributed by atoms with Gasteiger partial charge in [-0.1, -0.05) is 12.1 Å². The Morgan fingerprint density at radius 3 is 3.00 bits per heavy atom. The predicted molar refractivity (Wildman–Crippen MR) is 68.1 cm³/mol. The van der Waals surface area contributed by atoms with E-state index in [1.807, 2.05) is 0 Å². The molecule has 86 valence electrons. The average Bonchev–Trinajstić information content (AvgIpc) is 2.77. The van der Waals surface area contributed by atoms with Crippen molar-refractivity contribution < 1.29 is 9.84 Å². The van der Waals surface area contributed by atoms with Crippen molar-refractivity contribution in [2.75, 3.05) is 19.8 Å².